The molecule has 0 aliphatic carbocycles. The van der Waals surface area contributed by atoms with Gasteiger partial charge < -0.3 is 14.9 Å². The van der Waals surface area contributed by atoms with Gasteiger partial charge in [0.15, 0.2) is 5.82 Å². The van der Waals surface area contributed by atoms with Crippen molar-refractivity contribution in [3.8, 4) is 0 Å². The van der Waals surface area contributed by atoms with E-state index in [0.29, 0.717) is 30.4 Å². The van der Waals surface area contributed by atoms with Crippen molar-refractivity contribution >= 4 is 27.7 Å². The number of aliphatic hydroxyl groups excluding tert-OH is 1. The number of benzene rings is 1. The molecule has 1 fully saturated rings. The molecule has 2 atom stereocenters. The molecule has 1 aromatic heterocycles. The Kier molecular flexibility index (Phi) is 4.40. The standard InChI is InChI=1S/C13H14BrN3O2S/c14-9-3-1-2-4-11(9)20-7-12-16-13(19-17-12)10-5-8(18)6-15-10/h1-4,8,10,15,18H,5-7H2/t8-,10+/m1/s1. The second-order valence-corrected chi connectivity index (χ2v) is 6.49. The normalized spacial score (nSPS) is 22.3. The van der Waals surface area contributed by atoms with Crippen molar-refractivity contribution in [1.82, 2.24) is 15.5 Å². The summed E-state index contributed by atoms with van der Waals surface area (Å²) in [6.45, 7) is 0.577. The average molecular weight is 356 g/mol. The number of rotatable bonds is 4. The Balaban J connectivity index is 1.62. The lowest BCUT2D eigenvalue weighted by Gasteiger charge is -2.02. The fourth-order valence-electron chi connectivity index (χ4n) is 2.08. The van der Waals surface area contributed by atoms with Crippen LogP contribution >= 0.6 is 27.7 Å². The first kappa shape index (κ1) is 14.1. The number of aliphatic hydroxyl groups is 1. The first-order valence-corrected chi connectivity index (χ1v) is 8.11. The molecule has 1 saturated heterocycles. The maximum atomic E-state index is 9.49. The summed E-state index contributed by atoms with van der Waals surface area (Å²) >= 11 is 5.17. The van der Waals surface area contributed by atoms with E-state index in [9.17, 15) is 5.11 Å². The molecule has 0 radical (unpaired) electrons. The van der Waals surface area contributed by atoms with Gasteiger partial charge in [0, 0.05) is 15.9 Å². The highest BCUT2D eigenvalue weighted by molar-refractivity contribution is 9.10. The Labute approximate surface area is 129 Å². The quantitative estimate of drug-likeness (QED) is 0.821. The summed E-state index contributed by atoms with van der Waals surface area (Å²) < 4.78 is 6.32. The zero-order valence-electron chi connectivity index (χ0n) is 10.6. The number of β-amino-alcohol motifs (C(OH)–C–C–N with tert-alkyl or cyclic N) is 1. The monoisotopic (exact) mass is 355 g/mol. The molecule has 2 aromatic rings. The van der Waals surface area contributed by atoms with E-state index in [0.717, 1.165) is 9.37 Å². The van der Waals surface area contributed by atoms with Crippen LogP contribution in [0, 0.1) is 0 Å². The lowest BCUT2D eigenvalue weighted by molar-refractivity contribution is 0.191. The van der Waals surface area contributed by atoms with Gasteiger partial charge in [-0.15, -0.1) is 11.8 Å². The molecule has 1 aliphatic heterocycles. The van der Waals surface area contributed by atoms with Crippen LogP contribution in [-0.2, 0) is 5.75 Å². The van der Waals surface area contributed by atoms with E-state index < -0.39 is 0 Å². The molecule has 106 valence electrons. The first-order chi connectivity index (χ1) is 9.72. The number of hydrogen-bond donors (Lipinski definition) is 2. The summed E-state index contributed by atoms with van der Waals surface area (Å²) in [5.41, 5.74) is 0. The largest absolute Gasteiger partial charge is 0.392 e. The van der Waals surface area contributed by atoms with Gasteiger partial charge in [0.05, 0.1) is 17.9 Å². The molecule has 2 heterocycles. The van der Waals surface area contributed by atoms with E-state index >= 15 is 0 Å². The fraction of sp³-hybridized carbons (Fsp3) is 0.385. The van der Waals surface area contributed by atoms with Crippen LogP contribution in [0.5, 0.6) is 0 Å². The molecule has 0 spiro atoms. The van der Waals surface area contributed by atoms with Gasteiger partial charge in [-0.05, 0) is 34.5 Å². The smallest absolute Gasteiger partial charge is 0.243 e. The predicted molar refractivity (Wildman–Crippen MR) is 79.4 cm³/mol. The number of hydrogen-bond acceptors (Lipinski definition) is 6. The van der Waals surface area contributed by atoms with E-state index in [1.54, 1.807) is 11.8 Å². The van der Waals surface area contributed by atoms with Gasteiger partial charge >= 0.3 is 0 Å². The van der Waals surface area contributed by atoms with Crippen molar-refractivity contribution in [2.45, 2.75) is 29.2 Å². The highest BCUT2D eigenvalue weighted by atomic mass is 79.9. The average Bonchev–Trinajstić information content (AvgIpc) is 3.06. The molecule has 1 aromatic carbocycles. The summed E-state index contributed by atoms with van der Waals surface area (Å²) in [7, 11) is 0. The molecule has 3 rings (SSSR count). The van der Waals surface area contributed by atoms with E-state index in [-0.39, 0.29) is 12.1 Å². The minimum atomic E-state index is -0.329. The van der Waals surface area contributed by atoms with Crippen LogP contribution in [0.25, 0.3) is 0 Å². The van der Waals surface area contributed by atoms with Gasteiger partial charge in [0.1, 0.15) is 0 Å². The lowest BCUT2D eigenvalue weighted by Crippen LogP contribution is -2.15. The number of nitrogens with one attached hydrogen (secondary N) is 1. The summed E-state index contributed by atoms with van der Waals surface area (Å²) in [5, 5.41) is 16.6. The van der Waals surface area contributed by atoms with Crippen LogP contribution in [0.15, 0.2) is 38.2 Å². The molecule has 7 heteroatoms. The third-order valence-electron chi connectivity index (χ3n) is 3.08. The molecule has 0 amide bonds. The van der Waals surface area contributed by atoms with Gasteiger partial charge in [-0.25, -0.2) is 0 Å². The summed E-state index contributed by atoms with van der Waals surface area (Å²) in [4.78, 5) is 5.53. The Morgan fingerprint density at radius 3 is 3.05 bits per heavy atom. The maximum Gasteiger partial charge on any atom is 0.243 e. The van der Waals surface area contributed by atoms with Crippen LogP contribution in [-0.4, -0.2) is 27.9 Å². The van der Waals surface area contributed by atoms with Crippen LogP contribution in [0.3, 0.4) is 0 Å². The maximum absolute atomic E-state index is 9.49. The molecule has 2 N–H and O–H groups in total. The summed E-state index contributed by atoms with van der Waals surface area (Å²) in [5.74, 6) is 1.88. The molecule has 5 nitrogen and oxygen atoms in total. The number of nitrogens with zero attached hydrogens (tertiary/aromatic N) is 2. The van der Waals surface area contributed by atoms with Gasteiger partial charge in [0.2, 0.25) is 5.89 Å². The molecule has 1 aliphatic rings. The molecule has 0 bridgehead atoms. The lowest BCUT2D eigenvalue weighted by atomic mass is 10.2. The van der Waals surface area contributed by atoms with Crippen molar-refractivity contribution in [1.29, 1.82) is 0 Å². The van der Waals surface area contributed by atoms with E-state index in [1.807, 2.05) is 24.3 Å². The Morgan fingerprint density at radius 2 is 2.30 bits per heavy atom. The minimum absolute atomic E-state index is 0.0280. The van der Waals surface area contributed by atoms with Crippen molar-refractivity contribution < 1.29 is 9.63 Å². The topological polar surface area (TPSA) is 71.2 Å². The van der Waals surface area contributed by atoms with E-state index in [2.05, 4.69) is 31.4 Å². The highest BCUT2D eigenvalue weighted by Gasteiger charge is 2.28. The predicted octanol–water partition coefficient (Wildman–Crippen LogP) is 2.52. The molecule has 0 unspecified atom stereocenters. The Hall–Kier alpha value is -0.890. The van der Waals surface area contributed by atoms with Crippen LogP contribution in [0.4, 0.5) is 0 Å². The Bertz CT molecular complexity index is 593. The number of halogens is 1. The third-order valence-corrected chi connectivity index (χ3v) is 5.11. The molecular weight excluding hydrogens is 342 g/mol. The highest BCUT2D eigenvalue weighted by Crippen LogP contribution is 2.29. The van der Waals surface area contributed by atoms with E-state index in [1.165, 1.54) is 0 Å². The van der Waals surface area contributed by atoms with Crippen molar-refractivity contribution in [2.24, 2.45) is 0 Å². The van der Waals surface area contributed by atoms with Gasteiger partial charge in [0.25, 0.3) is 0 Å². The minimum Gasteiger partial charge on any atom is -0.392 e. The first-order valence-electron chi connectivity index (χ1n) is 6.33. The SMILES string of the molecule is O[C@H]1CN[C@H](c2nc(CSc3ccccc3Br)no2)C1. The molecule has 20 heavy (non-hydrogen) atoms. The molecular formula is C13H14BrN3O2S. The second-order valence-electron chi connectivity index (χ2n) is 4.62. The second kappa shape index (κ2) is 6.26. The zero-order valence-corrected chi connectivity index (χ0v) is 13.0. The van der Waals surface area contributed by atoms with Gasteiger partial charge in [-0.2, -0.15) is 4.98 Å². The van der Waals surface area contributed by atoms with Crippen LogP contribution in [0.2, 0.25) is 0 Å². The zero-order chi connectivity index (χ0) is 13.9. The summed E-state index contributed by atoms with van der Waals surface area (Å²) in [6.07, 6.45) is 0.295. The number of aromatic nitrogens is 2. The summed E-state index contributed by atoms with van der Waals surface area (Å²) in [6, 6.07) is 8.01. The number of thioether (sulfide) groups is 1. The van der Waals surface area contributed by atoms with Gasteiger partial charge in [-0.1, -0.05) is 17.3 Å². The van der Waals surface area contributed by atoms with Crippen molar-refractivity contribution in [2.75, 3.05) is 6.54 Å². The Morgan fingerprint density at radius 1 is 1.45 bits per heavy atom. The van der Waals surface area contributed by atoms with Crippen molar-refractivity contribution in [3.05, 3.63) is 40.5 Å². The van der Waals surface area contributed by atoms with Crippen LogP contribution in [0.1, 0.15) is 24.2 Å². The van der Waals surface area contributed by atoms with E-state index in [4.69, 9.17) is 4.52 Å². The third kappa shape index (κ3) is 3.22. The van der Waals surface area contributed by atoms with Crippen molar-refractivity contribution in [3.63, 3.8) is 0 Å². The van der Waals surface area contributed by atoms with Gasteiger partial charge in [-0.3, -0.25) is 0 Å². The fourth-order valence-corrected chi connectivity index (χ4v) is 3.49. The van der Waals surface area contributed by atoms with Crippen LogP contribution < -0.4 is 5.32 Å². The molecule has 0 saturated carbocycles.